The SMILES string of the molecule is Cc1nc(C(=O)NCC(N)C2CC2)n[nH]1. The van der Waals surface area contributed by atoms with Crippen LogP contribution >= 0.6 is 0 Å². The highest BCUT2D eigenvalue weighted by molar-refractivity contribution is 5.90. The van der Waals surface area contributed by atoms with Gasteiger partial charge in [-0.25, -0.2) is 4.98 Å². The van der Waals surface area contributed by atoms with Gasteiger partial charge in [0.05, 0.1) is 0 Å². The molecule has 6 nitrogen and oxygen atoms in total. The molecule has 6 heteroatoms. The minimum atomic E-state index is -0.268. The Hall–Kier alpha value is -1.43. The third kappa shape index (κ3) is 2.53. The van der Waals surface area contributed by atoms with Crippen molar-refractivity contribution in [2.75, 3.05) is 6.54 Å². The van der Waals surface area contributed by atoms with Crippen molar-refractivity contribution in [2.45, 2.75) is 25.8 Å². The van der Waals surface area contributed by atoms with Gasteiger partial charge in [-0.1, -0.05) is 0 Å². The molecular formula is C9H15N5O. The van der Waals surface area contributed by atoms with Crippen molar-refractivity contribution in [1.82, 2.24) is 20.5 Å². The van der Waals surface area contributed by atoms with E-state index in [2.05, 4.69) is 20.5 Å². The normalized spacial score (nSPS) is 17.5. The van der Waals surface area contributed by atoms with Crippen LogP contribution in [0.3, 0.4) is 0 Å². The van der Waals surface area contributed by atoms with Crippen LogP contribution in [-0.2, 0) is 0 Å². The minimum Gasteiger partial charge on any atom is -0.348 e. The third-order valence-electron chi connectivity index (χ3n) is 2.53. The van der Waals surface area contributed by atoms with Gasteiger partial charge in [0.15, 0.2) is 0 Å². The fraction of sp³-hybridized carbons (Fsp3) is 0.667. The van der Waals surface area contributed by atoms with Crippen LogP contribution in [0, 0.1) is 12.8 Å². The predicted molar refractivity (Wildman–Crippen MR) is 54.2 cm³/mol. The van der Waals surface area contributed by atoms with Gasteiger partial charge in [0.1, 0.15) is 5.82 Å². The molecule has 1 aliphatic carbocycles. The largest absolute Gasteiger partial charge is 0.348 e. The molecule has 0 radical (unpaired) electrons. The number of hydrogen-bond donors (Lipinski definition) is 3. The van der Waals surface area contributed by atoms with Gasteiger partial charge in [0.25, 0.3) is 5.91 Å². The Kier molecular flexibility index (Phi) is 2.68. The maximum atomic E-state index is 11.5. The number of aromatic nitrogens is 3. The van der Waals surface area contributed by atoms with E-state index in [4.69, 9.17) is 5.73 Å². The Balaban J connectivity index is 1.81. The van der Waals surface area contributed by atoms with E-state index < -0.39 is 0 Å². The zero-order chi connectivity index (χ0) is 10.8. The Morgan fingerprint density at radius 1 is 1.73 bits per heavy atom. The molecule has 0 bridgehead atoms. The molecule has 1 amide bonds. The molecule has 1 aromatic rings. The summed E-state index contributed by atoms with van der Waals surface area (Å²) in [6.45, 7) is 2.25. The van der Waals surface area contributed by atoms with Crippen LogP contribution in [0.15, 0.2) is 0 Å². The monoisotopic (exact) mass is 209 g/mol. The van der Waals surface area contributed by atoms with Crippen molar-refractivity contribution in [3.05, 3.63) is 11.6 Å². The lowest BCUT2D eigenvalue weighted by molar-refractivity contribution is 0.0940. The van der Waals surface area contributed by atoms with Crippen molar-refractivity contribution in [3.8, 4) is 0 Å². The molecule has 1 aliphatic rings. The van der Waals surface area contributed by atoms with Gasteiger partial charge in [-0.2, -0.15) is 0 Å². The average Bonchev–Trinajstić information content (AvgIpc) is 2.97. The first-order valence-electron chi connectivity index (χ1n) is 5.09. The molecule has 82 valence electrons. The van der Waals surface area contributed by atoms with Crippen molar-refractivity contribution < 1.29 is 4.79 Å². The number of amides is 1. The average molecular weight is 209 g/mol. The Morgan fingerprint density at radius 2 is 2.47 bits per heavy atom. The molecule has 15 heavy (non-hydrogen) atoms. The zero-order valence-corrected chi connectivity index (χ0v) is 8.66. The third-order valence-corrected chi connectivity index (χ3v) is 2.53. The zero-order valence-electron chi connectivity index (χ0n) is 8.66. The lowest BCUT2D eigenvalue weighted by Crippen LogP contribution is -2.38. The number of nitrogens with zero attached hydrogens (tertiary/aromatic N) is 2. The van der Waals surface area contributed by atoms with Crippen molar-refractivity contribution in [1.29, 1.82) is 0 Å². The van der Waals surface area contributed by atoms with Crippen molar-refractivity contribution in [2.24, 2.45) is 11.7 Å². The molecule has 1 fully saturated rings. The molecule has 2 rings (SSSR count). The summed E-state index contributed by atoms with van der Waals surface area (Å²) in [6.07, 6.45) is 2.35. The first-order chi connectivity index (χ1) is 7.16. The molecule has 1 atom stereocenters. The first kappa shape index (κ1) is 10.1. The summed E-state index contributed by atoms with van der Waals surface area (Å²) >= 11 is 0. The molecule has 0 spiro atoms. The van der Waals surface area contributed by atoms with Gasteiger partial charge in [-0.3, -0.25) is 9.89 Å². The summed E-state index contributed by atoms with van der Waals surface area (Å²) in [5.74, 6) is 1.12. The number of H-pyrrole nitrogens is 1. The van der Waals surface area contributed by atoms with Gasteiger partial charge in [-0.05, 0) is 25.7 Å². The topological polar surface area (TPSA) is 96.7 Å². The summed E-state index contributed by atoms with van der Waals surface area (Å²) in [5.41, 5.74) is 5.85. The Labute approximate surface area is 87.6 Å². The van der Waals surface area contributed by atoms with Crippen LogP contribution in [0.25, 0.3) is 0 Å². The Morgan fingerprint density at radius 3 is 3.00 bits per heavy atom. The van der Waals surface area contributed by atoms with E-state index in [1.807, 2.05) is 0 Å². The molecule has 0 saturated heterocycles. The van der Waals surface area contributed by atoms with Crippen LogP contribution in [0.2, 0.25) is 0 Å². The highest BCUT2D eigenvalue weighted by Crippen LogP contribution is 2.31. The molecule has 1 saturated carbocycles. The lowest BCUT2D eigenvalue weighted by atomic mass is 10.2. The van der Waals surface area contributed by atoms with E-state index in [1.54, 1.807) is 6.92 Å². The van der Waals surface area contributed by atoms with E-state index in [1.165, 1.54) is 12.8 Å². The summed E-state index contributed by atoms with van der Waals surface area (Å²) in [5, 5.41) is 9.11. The van der Waals surface area contributed by atoms with Crippen molar-refractivity contribution in [3.63, 3.8) is 0 Å². The number of carbonyl (C=O) groups excluding carboxylic acids is 1. The summed E-state index contributed by atoms with van der Waals surface area (Å²) in [6, 6.07) is 0.0639. The van der Waals surface area contributed by atoms with Gasteiger partial charge in [0, 0.05) is 12.6 Å². The first-order valence-corrected chi connectivity index (χ1v) is 5.09. The molecule has 1 heterocycles. The van der Waals surface area contributed by atoms with E-state index in [0.29, 0.717) is 18.3 Å². The molecular weight excluding hydrogens is 194 g/mol. The van der Waals surface area contributed by atoms with Crippen LogP contribution in [0.4, 0.5) is 0 Å². The maximum absolute atomic E-state index is 11.5. The molecule has 0 aromatic carbocycles. The standard InChI is InChI=1S/C9H15N5O/c1-5-12-8(14-13-5)9(15)11-4-7(10)6-2-3-6/h6-7H,2-4,10H2,1H3,(H,11,15)(H,12,13,14). The number of aryl methyl sites for hydroxylation is 1. The quantitative estimate of drug-likeness (QED) is 0.627. The number of rotatable bonds is 4. The van der Waals surface area contributed by atoms with E-state index in [-0.39, 0.29) is 17.8 Å². The summed E-state index contributed by atoms with van der Waals surface area (Å²) < 4.78 is 0. The highest BCUT2D eigenvalue weighted by atomic mass is 16.2. The van der Waals surface area contributed by atoms with Crippen LogP contribution in [0.5, 0.6) is 0 Å². The van der Waals surface area contributed by atoms with Gasteiger partial charge < -0.3 is 11.1 Å². The lowest BCUT2D eigenvalue weighted by Gasteiger charge is -2.09. The maximum Gasteiger partial charge on any atom is 0.291 e. The van der Waals surface area contributed by atoms with Gasteiger partial charge >= 0.3 is 0 Å². The van der Waals surface area contributed by atoms with E-state index in [9.17, 15) is 4.79 Å². The number of hydrogen-bond acceptors (Lipinski definition) is 4. The fourth-order valence-electron chi connectivity index (χ4n) is 1.42. The van der Waals surface area contributed by atoms with E-state index >= 15 is 0 Å². The van der Waals surface area contributed by atoms with E-state index in [0.717, 1.165) is 0 Å². The second kappa shape index (κ2) is 3.98. The highest BCUT2D eigenvalue weighted by Gasteiger charge is 2.28. The molecule has 4 N–H and O–H groups in total. The second-order valence-corrected chi connectivity index (χ2v) is 3.96. The fourth-order valence-corrected chi connectivity index (χ4v) is 1.42. The predicted octanol–water partition coefficient (Wildman–Crippen LogP) is -0.420. The number of nitrogens with one attached hydrogen (secondary N) is 2. The molecule has 0 aliphatic heterocycles. The van der Waals surface area contributed by atoms with Crippen molar-refractivity contribution >= 4 is 5.91 Å². The molecule has 1 unspecified atom stereocenters. The Bertz CT molecular complexity index is 357. The van der Waals surface area contributed by atoms with Crippen LogP contribution in [-0.4, -0.2) is 33.7 Å². The minimum absolute atomic E-state index is 0.0639. The summed E-state index contributed by atoms with van der Waals surface area (Å²) in [4.78, 5) is 15.4. The van der Waals surface area contributed by atoms with Crippen LogP contribution in [0.1, 0.15) is 29.3 Å². The smallest absolute Gasteiger partial charge is 0.291 e. The number of aromatic amines is 1. The second-order valence-electron chi connectivity index (χ2n) is 3.96. The van der Waals surface area contributed by atoms with Gasteiger partial charge in [0.2, 0.25) is 5.82 Å². The number of nitrogens with two attached hydrogens (primary N) is 1. The van der Waals surface area contributed by atoms with Crippen LogP contribution < -0.4 is 11.1 Å². The number of carbonyl (C=O) groups is 1. The summed E-state index contributed by atoms with van der Waals surface area (Å²) in [7, 11) is 0. The van der Waals surface area contributed by atoms with Gasteiger partial charge in [-0.15, -0.1) is 5.10 Å². The molecule has 1 aromatic heterocycles.